The molecule has 0 spiro atoms. The fourth-order valence-electron chi connectivity index (χ4n) is 2.58. The van der Waals surface area contributed by atoms with E-state index in [1.54, 1.807) is 0 Å². The number of aryl methyl sites for hydroxylation is 1. The molecule has 1 heterocycles. The third-order valence-corrected chi connectivity index (χ3v) is 3.62. The van der Waals surface area contributed by atoms with Crippen LogP contribution in [0.4, 0.5) is 0 Å². The normalized spacial score (nSPS) is 18.9. The van der Waals surface area contributed by atoms with Gasteiger partial charge in [-0.05, 0) is 38.8 Å². The van der Waals surface area contributed by atoms with Gasteiger partial charge in [0.2, 0.25) is 5.91 Å². The Kier molecular flexibility index (Phi) is 4.59. The maximum absolute atomic E-state index is 12.3. The maximum Gasteiger partial charge on any atom is 0.222 e. The van der Waals surface area contributed by atoms with Gasteiger partial charge in [0.1, 0.15) is 0 Å². The van der Waals surface area contributed by atoms with Gasteiger partial charge in [-0.2, -0.15) is 0 Å². The molecule has 1 fully saturated rings. The molecule has 0 radical (unpaired) electrons. The largest absolute Gasteiger partial charge is 0.341 e. The first kappa shape index (κ1) is 14.1. The van der Waals surface area contributed by atoms with E-state index in [-0.39, 0.29) is 11.4 Å². The summed E-state index contributed by atoms with van der Waals surface area (Å²) in [7, 11) is 0. The molecule has 1 aromatic rings. The second-order valence-electron chi connectivity index (χ2n) is 5.97. The molecule has 0 atom stereocenters. The third kappa shape index (κ3) is 4.35. The SMILES string of the molecule is CC1(C)CN(C(=O)CCc2ccccc2)CCCN1. The molecule has 0 aliphatic carbocycles. The van der Waals surface area contributed by atoms with Crippen LogP contribution >= 0.6 is 0 Å². The van der Waals surface area contributed by atoms with E-state index in [0.717, 1.165) is 32.5 Å². The minimum Gasteiger partial charge on any atom is -0.341 e. The molecule has 1 aliphatic heterocycles. The number of rotatable bonds is 3. The van der Waals surface area contributed by atoms with Crippen LogP contribution in [0.1, 0.15) is 32.3 Å². The molecule has 2 rings (SSSR count). The minimum absolute atomic E-state index is 0.0267. The first-order valence-electron chi connectivity index (χ1n) is 7.14. The van der Waals surface area contributed by atoms with Crippen LogP contribution in [0.3, 0.4) is 0 Å². The highest BCUT2D eigenvalue weighted by molar-refractivity contribution is 5.76. The van der Waals surface area contributed by atoms with Gasteiger partial charge in [0.15, 0.2) is 0 Å². The van der Waals surface area contributed by atoms with Gasteiger partial charge in [-0.25, -0.2) is 0 Å². The Hall–Kier alpha value is -1.35. The minimum atomic E-state index is 0.0267. The van der Waals surface area contributed by atoms with Gasteiger partial charge >= 0.3 is 0 Å². The Labute approximate surface area is 116 Å². The van der Waals surface area contributed by atoms with E-state index in [4.69, 9.17) is 0 Å². The van der Waals surface area contributed by atoms with Gasteiger partial charge in [-0.15, -0.1) is 0 Å². The Bertz CT molecular complexity index is 414. The zero-order chi connectivity index (χ0) is 13.7. The van der Waals surface area contributed by atoms with Crippen LogP contribution in [0.15, 0.2) is 30.3 Å². The highest BCUT2D eigenvalue weighted by Crippen LogP contribution is 2.12. The molecule has 104 valence electrons. The summed E-state index contributed by atoms with van der Waals surface area (Å²) >= 11 is 0. The number of benzene rings is 1. The first-order valence-corrected chi connectivity index (χ1v) is 7.14. The van der Waals surface area contributed by atoms with Crippen LogP contribution in [0.2, 0.25) is 0 Å². The summed E-state index contributed by atoms with van der Waals surface area (Å²) in [6.07, 6.45) is 2.49. The topological polar surface area (TPSA) is 32.3 Å². The van der Waals surface area contributed by atoms with E-state index in [0.29, 0.717) is 6.42 Å². The molecule has 3 nitrogen and oxygen atoms in total. The quantitative estimate of drug-likeness (QED) is 0.904. The Balaban J connectivity index is 1.88. The predicted octanol–water partition coefficient (Wildman–Crippen LogP) is 2.22. The van der Waals surface area contributed by atoms with Crippen molar-refractivity contribution in [1.82, 2.24) is 10.2 Å². The number of hydrogen-bond acceptors (Lipinski definition) is 2. The number of nitrogens with zero attached hydrogens (tertiary/aromatic N) is 1. The van der Waals surface area contributed by atoms with Gasteiger partial charge in [0.25, 0.3) is 0 Å². The summed E-state index contributed by atoms with van der Waals surface area (Å²) in [5.41, 5.74) is 1.27. The Morgan fingerprint density at radius 2 is 2.05 bits per heavy atom. The van der Waals surface area contributed by atoms with Crippen molar-refractivity contribution in [3.8, 4) is 0 Å². The van der Waals surface area contributed by atoms with E-state index in [9.17, 15) is 4.79 Å². The van der Waals surface area contributed by atoms with Crippen LogP contribution in [-0.4, -0.2) is 36.0 Å². The number of hydrogen-bond donors (Lipinski definition) is 1. The summed E-state index contributed by atoms with van der Waals surface area (Å²) < 4.78 is 0. The molecule has 1 aliphatic rings. The lowest BCUT2D eigenvalue weighted by Gasteiger charge is -2.30. The molecule has 19 heavy (non-hydrogen) atoms. The average molecular weight is 260 g/mol. The summed E-state index contributed by atoms with van der Waals surface area (Å²) in [5.74, 6) is 0.278. The maximum atomic E-state index is 12.3. The zero-order valence-electron chi connectivity index (χ0n) is 12.0. The molecule has 0 saturated carbocycles. The predicted molar refractivity (Wildman–Crippen MR) is 78.0 cm³/mol. The van der Waals surface area contributed by atoms with Crippen LogP contribution in [-0.2, 0) is 11.2 Å². The van der Waals surface area contributed by atoms with Crippen molar-refractivity contribution in [3.63, 3.8) is 0 Å². The monoisotopic (exact) mass is 260 g/mol. The van der Waals surface area contributed by atoms with Crippen LogP contribution in [0.5, 0.6) is 0 Å². The van der Waals surface area contributed by atoms with Crippen molar-refractivity contribution in [1.29, 1.82) is 0 Å². The average Bonchev–Trinajstić information content (AvgIpc) is 2.58. The van der Waals surface area contributed by atoms with Crippen molar-refractivity contribution in [2.24, 2.45) is 0 Å². The van der Waals surface area contributed by atoms with E-state index in [1.807, 2.05) is 23.1 Å². The van der Waals surface area contributed by atoms with E-state index >= 15 is 0 Å². The van der Waals surface area contributed by atoms with Crippen LogP contribution in [0.25, 0.3) is 0 Å². The summed E-state index contributed by atoms with van der Waals surface area (Å²) in [4.78, 5) is 14.3. The number of carbonyl (C=O) groups is 1. The van der Waals surface area contributed by atoms with Gasteiger partial charge in [0, 0.05) is 25.0 Å². The highest BCUT2D eigenvalue weighted by Gasteiger charge is 2.26. The Morgan fingerprint density at radius 3 is 2.79 bits per heavy atom. The molecule has 0 aromatic heterocycles. The van der Waals surface area contributed by atoms with Crippen molar-refractivity contribution in [2.75, 3.05) is 19.6 Å². The molecular formula is C16H24N2O. The van der Waals surface area contributed by atoms with Gasteiger partial charge in [-0.1, -0.05) is 30.3 Å². The van der Waals surface area contributed by atoms with Gasteiger partial charge in [-0.3, -0.25) is 4.79 Å². The lowest BCUT2D eigenvalue weighted by molar-refractivity contribution is -0.131. The Morgan fingerprint density at radius 1 is 1.32 bits per heavy atom. The molecular weight excluding hydrogens is 236 g/mol. The molecule has 1 N–H and O–H groups in total. The number of carbonyl (C=O) groups excluding carboxylic acids is 1. The van der Waals surface area contributed by atoms with E-state index in [2.05, 4.69) is 31.3 Å². The lowest BCUT2D eigenvalue weighted by atomic mass is 10.0. The standard InChI is InChI=1S/C16H24N2O/c1-16(2)13-18(12-6-11-17-16)15(19)10-9-14-7-4-3-5-8-14/h3-5,7-8,17H,6,9-13H2,1-2H3. The lowest BCUT2D eigenvalue weighted by Crippen LogP contribution is -2.48. The molecule has 1 aromatic carbocycles. The van der Waals surface area contributed by atoms with Gasteiger partial charge in [0.05, 0.1) is 0 Å². The van der Waals surface area contributed by atoms with E-state index in [1.165, 1.54) is 5.56 Å². The van der Waals surface area contributed by atoms with Gasteiger partial charge < -0.3 is 10.2 Å². The van der Waals surface area contributed by atoms with Crippen LogP contribution in [0, 0.1) is 0 Å². The van der Waals surface area contributed by atoms with Crippen molar-refractivity contribution in [2.45, 2.75) is 38.6 Å². The fourth-order valence-corrected chi connectivity index (χ4v) is 2.58. The molecule has 1 saturated heterocycles. The first-order chi connectivity index (χ1) is 9.07. The molecule has 0 unspecified atom stereocenters. The van der Waals surface area contributed by atoms with Crippen LogP contribution < -0.4 is 5.32 Å². The van der Waals surface area contributed by atoms with Crippen molar-refractivity contribution >= 4 is 5.91 Å². The highest BCUT2D eigenvalue weighted by atomic mass is 16.2. The number of amides is 1. The second kappa shape index (κ2) is 6.20. The van der Waals surface area contributed by atoms with Crippen molar-refractivity contribution < 1.29 is 4.79 Å². The third-order valence-electron chi connectivity index (χ3n) is 3.62. The smallest absolute Gasteiger partial charge is 0.222 e. The summed E-state index contributed by atoms with van der Waals surface area (Å²) in [5, 5.41) is 3.49. The molecule has 1 amide bonds. The summed E-state index contributed by atoms with van der Waals surface area (Å²) in [6, 6.07) is 10.2. The van der Waals surface area contributed by atoms with E-state index < -0.39 is 0 Å². The second-order valence-corrected chi connectivity index (χ2v) is 5.97. The summed E-state index contributed by atoms with van der Waals surface area (Å²) in [6.45, 7) is 7.01. The fraction of sp³-hybridized carbons (Fsp3) is 0.562. The molecule has 0 bridgehead atoms. The molecule has 3 heteroatoms. The number of nitrogens with one attached hydrogen (secondary N) is 1. The zero-order valence-corrected chi connectivity index (χ0v) is 12.0. The van der Waals surface area contributed by atoms with Crippen molar-refractivity contribution in [3.05, 3.63) is 35.9 Å².